The summed E-state index contributed by atoms with van der Waals surface area (Å²) in [5, 5.41) is 9.54. The first kappa shape index (κ1) is 9.47. The van der Waals surface area contributed by atoms with Gasteiger partial charge in [-0.25, -0.2) is 0 Å². The molecule has 74 valence electrons. The van der Waals surface area contributed by atoms with Crippen molar-refractivity contribution in [3.63, 3.8) is 0 Å². The Morgan fingerprint density at radius 2 is 2.20 bits per heavy atom. The average molecular weight is 198 g/mol. The van der Waals surface area contributed by atoms with Crippen molar-refractivity contribution in [1.82, 2.24) is 4.98 Å². The van der Waals surface area contributed by atoms with Crippen molar-refractivity contribution in [2.45, 2.75) is 13.3 Å². The number of aromatic amines is 1. The predicted molar refractivity (Wildman–Crippen MR) is 58.6 cm³/mol. The summed E-state index contributed by atoms with van der Waals surface area (Å²) in [6, 6.07) is 9.58. The van der Waals surface area contributed by atoms with Gasteiger partial charge in [0, 0.05) is 11.1 Å². The van der Waals surface area contributed by atoms with Crippen molar-refractivity contribution in [3.8, 4) is 6.07 Å². The Kier molecular flexibility index (Phi) is 2.26. The van der Waals surface area contributed by atoms with Crippen molar-refractivity contribution in [1.29, 1.82) is 5.26 Å². The van der Waals surface area contributed by atoms with Crippen LogP contribution in [0.15, 0.2) is 29.1 Å². The normalized spacial score (nSPS) is 10.1. The van der Waals surface area contributed by atoms with Gasteiger partial charge in [-0.2, -0.15) is 5.26 Å². The number of H-pyrrole nitrogens is 1. The summed E-state index contributed by atoms with van der Waals surface area (Å²) in [5.41, 5.74) is 2.30. The molecule has 3 nitrogen and oxygen atoms in total. The first-order chi connectivity index (χ1) is 7.20. The molecule has 1 aromatic carbocycles. The summed E-state index contributed by atoms with van der Waals surface area (Å²) in [6.45, 7) is 1.99. The number of aromatic nitrogens is 1. The Labute approximate surface area is 87.0 Å². The quantitative estimate of drug-likeness (QED) is 0.760. The SMILES string of the molecule is Cc1ccc2[nH]c(=O)c(CC#N)cc2c1. The zero-order chi connectivity index (χ0) is 10.8. The van der Waals surface area contributed by atoms with Gasteiger partial charge >= 0.3 is 0 Å². The third-order valence-corrected chi connectivity index (χ3v) is 2.35. The van der Waals surface area contributed by atoms with Gasteiger partial charge in [0.05, 0.1) is 12.5 Å². The third kappa shape index (κ3) is 1.75. The van der Waals surface area contributed by atoms with Gasteiger partial charge in [0.15, 0.2) is 0 Å². The summed E-state index contributed by atoms with van der Waals surface area (Å²) >= 11 is 0. The lowest BCUT2D eigenvalue weighted by molar-refractivity contribution is 1.16. The van der Waals surface area contributed by atoms with Crippen LogP contribution in [-0.4, -0.2) is 4.98 Å². The van der Waals surface area contributed by atoms with Crippen LogP contribution in [0.4, 0.5) is 0 Å². The summed E-state index contributed by atoms with van der Waals surface area (Å²) in [4.78, 5) is 14.3. The van der Waals surface area contributed by atoms with E-state index in [0.29, 0.717) is 5.56 Å². The molecule has 2 rings (SSSR count). The highest BCUT2D eigenvalue weighted by Gasteiger charge is 2.02. The van der Waals surface area contributed by atoms with E-state index in [4.69, 9.17) is 5.26 Å². The number of nitrogens with one attached hydrogen (secondary N) is 1. The molecule has 0 saturated carbocycles. The van der Waals surface area contributed by atoms with E-state index in [-0.39, 0.29) is 12.0 Å². The lowest BCUT2D eigenvalue weighted by Crippen LogP contribution is -2.11. The molecule has 15 heavy (non-hydrogen) atoms. The monoisotopic (exact) mass is 198 g/mol. The van der Waals surface area contributed by atoms with Gasteiger partial charge < -0.3 is 4.98 Å². The van der Waals surface area contributed by atoms with E-state index in [1.807, 2.05) is 31.2 Å². The Morgan fingerprint density at radius 1 is 1.40 bits per heavy atom. The molecule has 1 heterocycles. The van der Waals surface area contributed by atoms with Crippen molar-refractivity contribution in [3.05, 3.63) is 45.7 Å². The number of benzene rings is 1. The molecule has 0 aliphatic heterocycles. The number of pyridine rings is 1. The molecule has 0 unspecified atom stereocenters. The largest absolute Gasteiger partial charge is 0.322 e. The van der Waals surface area contributed by atoms with Crippen LogP contribution >= 0.6 is 0 Å². The molecular weight excluding hydrogens is 188 g/mol. The summed E-state index contributed by atoms with van der Waals surface area (Å²) in [5.74, 6) is 0. The standard InChI is InChI=1S/C12H10N2O/c1-8-2-3-11-10(6-8)7-9(4-5-13)12(15)14-11/h2-3,6-7H,4H2,1H3,(H,14,15). The van der Waals surface area contributed by atoms with Crippen molar-refractivity contribution < 1.29 is 0 Å². The number of nitriles is 1. The predicted octanol–water partition coefficient (Wildman–Crippen LogP) is 1.90. The molecule has 0 fully saturated rings. The number of nitrogens with zero attached hydrogens (tertiary/aromatic N) is 1. The minimum atomic E-state index is -0.173. The van der Waals surface area contributed by atoms with Crippen molar-refractivity contribution in [2.24, 2.45) is 0 Å². The second-order valence-corrected chi connectivity index (χ2v) is 3.55. The van der Waals surface area contributed by atoms with Crippen LogP contribution in [0.1, 0.15) is 11.1 Å². The van der Waals surface area contributed by atoms with Crippen LogP contribution in [0.2, 0.25) is 0 Å². The van der Waals surface area contributed by atoms with Gasteiger partial charge in [-0.05, 0) is 30.5 Å². The van der Waals surface area contributed by atoms with Gasteiger partial charge in [0.2, 0.25) is 0 Å². The molecule has 2 aromatic rings. The Balaban J connectivity index is 2.73. The fraction of sp³-hybridized carbons (Fsp3) is 0.167. The molecule has 0 spiro atoms. The Hall–Kier alpha value is -2.08. The Bertz CT molecular complexity index is 605. The maximum atomic E-state index is 11.5. The average Bonchev–Trinajstić information content (AvgIpc) is 2.20. The summed E-state index contributed by atoms with van der Waals surface area (Å²) in [6.07, 6.45) is 0.152. The van der Waals surface area contributed by atoms with E-state index >= 15 is 0 Å². The maximum absolute atomic E-state index is 11.5. The lowest BCUT2D eigenvalue weighted by atomic mass is 10.1. The number of hydrogen-bond donors (Lipinski definition) is 1. The van der Waals surface area contributed by atoms with Crippen LogP contribution in [0.3, 0.4) is 0 Å². The summed E-state index contributed by atoms with van der Waals surface area (Å²) < 4.78 is 0. The van der Waals surface area contributed by atoms with Crippen LogP contribution in [-0.2, 0) is 6.42 Å². The minimum absolute atomic E-state index is 0.152. The lowest BCUT2D eigenvalue weighted by Gasteiger charge is -2.01. The van der Waals surface area contributed by atoms with Gasteiger partial charge in [0.1, 0.15) is 0 Å². The first-order valence-corrected chi connectivity index (χ1v) is 4.70. The molecular formula is C12H10N2O. The van der Waals surface area contributed by atoms with E-state index in [9.17, 15) is 4.79 Å². The fourth-order valence-corrected chi connectivity index (χ4v) is 1.59. The number of aryl methyl sites for hydroxylation is 1. The fourth-order valence-electron chi connectivity index (χ4n) is 1.59. The first-order valence-electron chi connectivity index (χ1n) is 4.70. The van der Waals surface area contributed by atoms with Gasteiger partial charge in [-0.15, -0.1) is 0 Å². The summed E-state index contributed by atoms with van der Waals surface area (Å²) in [7, 11) is 0. The van der Waals surface area contributed by atoms with Crippen LogP contribution < -0.4 is 5.56 Å². The number of rotatable bonds is 1. The zero-order valence-corrected chi connectivity index (χ0v) is 8.37. The topological polar surface area (TPSA) is 56.6 Å². The highest BCUT2D eigenvalue weighted by molar-refractivity contribution is 5.79. The van der Waals surface area contributed by atoms with Crippen LogP contribution in [0.25, 0.3) is 10.9 Å². The second kappa shape index (κ2) is 3.58. The highest BCUT2D eigenvalue weighted by Crippen LogP contribution is 2.13. The van der Waals surface area contributed by atoms with E-state index < -0.39 is 0 Å². The van der Waals surface area contributed by atoms with E-state index in [2.05, 4.69) is 4.98 Å². The van der Waals surface area contributed by atoms with E-state index in [0.717, 1.165) is 16.5 Å². The Morgan fingerprint density at radius 3 is 2.93 bits per heavy atom. The smallest absolute Gasteiger partial charge is 0.252 e. The van der Waals surface area contributed by atoms with Crippen LogP contribution in [0.5, 0.6) is 0 Å². The van der Waals surface area contributed by atoms with E-state index in [1.165, 1.54) is 0 Å². The number of hydrogen-bond acceptors (Lipinski definition) is 2. The minimum Gasteiger partial charge on any atom is -0.322 e. The van der Waals surface area contributed by atoms with Gasteiger partial charge in [0.25, 0.3) is 5.56 Å². The molecule has 1 N–H and O–H groups in total. The molecule has 0 bridgehead atoms. The molecule has 0 amide bonds. The molecule has 0 saturated heterocycles. The molecule has 0 atom stereocenters. The highest BCUT2D eigenvalue weighted by atomic mass is 16.1. The van der Waals surface area contributed by atoms with Gasteiger partial charge in [-0.3, -0.25) is 4.79 Å². The molecule has 3 heteroatoms. The van der Waals surface area contributed by atoms with Gasteiger partial charge in [-0.1, -0.05) is 11.6 Å². The van der Waals surface area contributed by atoms with E-state index in [1.54, 1.807) is 6.07 Å². The zero-order valence-electron chi connectivity index (χ0n) is 8.37. The molecule has 0 aliphatic rings. The van der Waals surface area contributed by atoms with Crippen molar-refractivity contribution in [2.75, 3.05) is 0 Å². The maximum Gasteiger partial charge on any atom is 0.252 e. The van der Waals surface area contributed by atoms with Crippen molar-refractivity contribution >= 4 is 10.9 Å². The molecule has 0 radical (unpaired) electrons. The second-order valence-electron chi connectivity index (χ2n) is 3.55. The molecule has 1 aromatic heterocycles. The third-order valence-electron chi connectivity index (χ3n) is 2.35. The number of fused-ring (bicyclic) bond motifs is 1. The van der Waals surface area contributed by atoms with Crippen LogP contribution in [0, 0.1) is 18.3 Å². The molecule has 0 aliphatic carbocycles.